The van der Waals surface area contributed by atoms with E-state index in [1.807, 2.05) is 17.3 Å². The summed E-state index contributed by atoms with van der Waals surface area (Å²) < 4.78 is 0. The Morgan fingerprint density at radius 1 is 0.745 bits per heavy atom. The minimum Gasteiger partial charge on any atom is -0.350 e. The molecule has 2 aromatic heterocycles. The van der Waals surface area contributed by atoms with E-state index >= 15 is 0 Å². The molecule has 284 valence electrons. The van der Waals surface area contributed by atoms with Gasteiger partial charge in [0.1, 0.15) is 11.6 Å². The molecule has 5 aromatic rings. The van der Waals surface area contributed by atoms with Crippen LogP contribution in [0.2, 0.25) is 0 Å². The first-order chi connectivity index (χ1) is 26.5. The number of likely N-dealkylation sites (tertiary alicyclic amines) is 2. The Balaban J connectivity index is 1.06. The number of carbonyl (C=O) groups is 2. The summed E-state index contributed by atoms with van der Waals surface area (Å²) in [5.74, 6) is 1.79. The molecule has 4 aliphatic rings. The molecule has 2 saturated heterocycles. The fraction of sp³-hybridized carbons (Fsp3) is 0.435. The first-order valence-electron chi connectivity index (χ1n) is 20.2. The number of nitrogens with zero attached hydrogens (tertiary/aromatic N) is 4. The van der Waals surface area contributed by atoms with Crippen molar-refractivity contribution in [2.24, 2.45) is 0 Å². The maximum Gasteiger partial charge on any atom is 0.242 e. The molecule has 55 heavy (non-hydrogen) atoms. The van der Waals surface area contributed by atoms with E-state index in [-0.39, 0.29) is 29.3 Å². The van der Waals surface area contributed by atoms with Crippen molar-refractivity contribution in [3.05, 3.63) is 94.8 Å². The second-order valence-electron chi connectivity index (χ2n) is 17.6. The third-order valence-corrected chi connectivity index (χ3v) is 13.3. The molecule has 1 unspecified atom stereocenters. The first-order valence-corrected chi connectivity index (χ1v) is 20.2. The molecule has 2 aliphatic heterocycles. The predicted molar refractivity (Wildman–Crippen MR) is 218 cm³/mol. The minimum atomic E-state index is -0.110. The van der Waals surface area contributed by atoms with Crippen molar-refractivity contribution >= 4 is 12.3 Å². The molecule has 9 heteroatoms. The van der Waals surface area contributed by atoms with E-state index in [2.05, 4.69) is 103 Å². The molecule has 0 radical (unpaired) electrons. The Hall–Kier alpha value is -5.02. The predicted octanol–water partition coefficient (Wildman–Crippen LogP) is 8.42. The highest BCUT2D eigenvalue weighted by Gasteiger charge is 2.43. The zero-order valence-corrected chi connectivity index (χ0v) is 32.9. The van der Waals surface area contributed by atoms with Crippen molar-refractivity contribution in [1.29, 1.82) is 0 Å². The zero-order chi connectivity index (χ0) is 38.1. The zero-order valence-electron chi connectivity index (χ0n) is 32.9. The molecule has 3 N–H and O–H groups in total. The molecule has 0 bridgehead atoms. The number of aromatic nitrogens is 4. The van der Waals surface area contributed by atoms with Crippen LogP contribution in [0.15, 0.2) is 60.9 Å². The van der Waals surface area contributed by atoms with Gasteiger partial charge in [-0.2, -0.15) is 0 Å². The van der Waals surface area contributed by atoms with Gasteiger partial charge < -0.3 is 20.2 Å². The average Bonchev–Trinajstić information content (AvgIpc) is 4.04. The van der Waals surface area contributed by atoms with E-state index in [0.717, 1.165) is 80.1 Å². The van der Waals surface area contributed by atoms with Crippen molar-refractivity contribution in [3.8, 4) is 44.8 Å². The van der Waals surface area contributed by atoms with Crippen LogP contribution in [-0.4, -0.2) is 68.7 Å². The van der Waals surface area contributed by atoms with E-state index in [9.17, 15) is 9.59 Å². The number of carbonyl (C=O) groups excluding carboxylic acids is 2. The minimum absolute atomic E-state index is 0.00892. The van der Waals surface area contributed by atoms with Gasteiger partial charge in [-0.25, -0.2) is 9.97 Å². The van der Waals surface area contributed by atoms with Crippen molar-refractivity contribution in [2.45, 2.75) is 102 Å². The van der Waals surface area contributed by atoms with Crippen molar-refractivity contribution in [2.75, 3.05) is 26.7 Å². The summed E-state index contributed by atoms with van der Waals surface area (Å²) >= 11 is 0. The number of nitrogens with one attached hydrogen (secondary N) is 3. The van der Waals surface area contributed by atoms with E-state index in [1.165, 1.54) is 56.5 Å². The summed E-state index contributed by atoms with van der Waals surface area (Å²) in [5.41, 5.74) is 16.0. The van der Waals surface area contributed by atoms with Crippen LogP contribution in [0.1, 0.15) is 112 Å². The first kappa shape index (κ1) is 35.7. The summed E-state index contributed by atoms with van der Waals surface area (Å²) in [4.78, 5) is 44.5. The van der Waals surface area contributed by atoms with Crippen molar-refractivity contribution < 1.29 is 9.59 Å². The number of aromatic amines is 2. The van der Waals surface area contributed by atoms with Crippen LogP contribution in [0, 0.1) is 0 Å². The number of fused-ring (bicyclic) bond motifs is 2. The Bertz CT molecular complexity index is 2260. The number of hydrogen-bond donors (Lipinski definition) is 3. The largest absolute Gasteiger partial charge is 0.350 e. The van der Waals surface area contributed by atoms with Gasteiger partial charge in [0.05, 0.1) is 42.4 Å². The van der Waals surface area contributed by atoms with E-state index < -0.39 is 0 Å². The highest BCUT2D eigenvalue weighted by atomic mass is 16.2. The number of hydrogen-bond acceptors (Lipinski definition) is 5. The summed E-state index contributed by atoms with van der Waals surface area (Å²) in [7, 11) is 2.20. The molecule has 2 fully saturated rings. The SMILES string of the molecule is CN1CCC[C@H]1c1ncc(-c2ccc(-c3c4c(c(-c5ccc(-c6cnc(C7CCCN7C(=O)CNC=O)[nH]6)cc5)c5c3C(C)(C)CC5)C(C)(C)CC4)cc2)[nH]1. The van der Waals surface area contributed by atoms with Crippen LogP contribution in [-0.2, 0) is 33.3 Å². The topological polar surface area (TPSA) is 110 Å². The molecule has 9 nitrogen and oxygen atoms in total. The summed E-state index contributed by atoms with van der Waals surface area (Å²) in [6.45, 7) is 11.6. The quantitative estimate of drug-likeness (QED) is 0.132. The Morgan fingerprint density at radius 2 is 1.22 bits per heavy atom. The summed E-state index contributed by atoms with van der Waals surface area (Å²) in [6, 6.07) is 18.6. The van der Waals surface area contributed by atoms with Gasteiger partial charge in [0.25, 0.3) is 0 Å². The smallest absolute Gasteiger partial charge is 0.242 e. The van der Waals surface area contributed by atoms with Gasteiger partial charge in [0.2, 0.25) is 12.3 Å². The lowest BCUT2D eigenvalue weighted by molar-refractivity contribution is -0.132. The molecule has 0 saturated carbocycles. The Morgan fingerprint density at radius 3 is 1.71 bits per heavy atom. The van der Waals surface area contributed by atoms with Gasteiger partial charge >= 0.3 is 0 Å². The normalized spacial score (nSPS) is 21.2. The molecule has 0 spiro atoms. The van der Waals surface area contributed by atoms with Gasteiger partial charge in [-0.3, -0.25) is 14.5 Å². The fourth-order valence-corrected chi connectivity index (χ4v) is 10.4. The van der Waals surface area contributed by atoms with E-state index in [1.54, 1.807) is 0 Å². The van der Waals surface area contributed by atoms with E-state index in [4.69, 9.17) is 9.97 Å². The highest BCUT2D eigenvalue weighted by Crippen LogP contribution is 2.56. The van der Waals surface area contributed by atoms with Gasteiger partial charge in [0, 0.05) is 6.54 Å². The van der Waals surface area contributed by atoms with Crippen LogP contribution >= 0.6 is 0 Å². The molecule has 4 heterocycles. The fourth-order valence-electron chi connectivity index (χ4n) is 10.4. The second kappa shape index (κ2) is 13.6. The standard InChI is InChI=1S/C46H53N7O2/c1-45(2)21-19-33-40(31-16-12-29(13-17-31)35-25-49-44(51-35)37-9-7-23-53(37)38(55)26-47-27-54)42-32(18-20-46(42,3)4)39(41(33)45)30-14-10-28(11-15-30)34-24-48-43(50-34)36-8-6-22-52(36)5/h10-17,24-25,27,36-37H,6-9,18-23,26H2,1-5H3,(H,47,54)(H,48,50)(H,49,51)/t36-,37?/m0/s1. The van der Waals surface area contributed by atoms with Gasteiger partial charge in [-0.15, -0.1) is 0 Å². The van der Waals surface area contributed by atoms with Crippen LogP contribution in [0.5, 0.6) is 0 Å². The van der Waals surface area contributed by atoms with Crippen LogP contribution < -0.4 is 5.32 Å². The molecular weight excluding hydrogens is 683 g/mol. The third-order valence-electron chi connectivity index (χ3n) is 13.3. The summed E-state index contributed by atoms with van der Waals surface area (Å²) in [5, 5.41) is 2.51. The lowest BCUT2D eigenvalue weighted by Gasteiger charge is -2.30. The maximum atomic E-state index is 12.8. The Kier molecular flexibility index (Phi) is 8.83. The van der Waals surface area contributed by atoms with Crippen LogP contribution in [0.25, 0.3) is 44.8 Å². The maximum absolute atomic E-state index is 12.8. The van der Waals surface area contributed by atoms with Gasteiger partial charge in [-0.05, 0) is 131 Å². The second-order valence-corrected chi connectivity index (χ2v) is 17.6. The molecule has 9 rings (SSSR count). The molecule has 2 aliphatic carbocycles. The monoisotopic (exact) mass is 735 g/mol. The van der Waals surface area contributed by atoms with Crippen molar-refractivity contribution in [1.82, 2.24) is 35.1 Å². The lowest BCUT2D eigenvalue weighted by atomic mass is 9.73. The molecule has 3 aromatic carbocycles. The van der Waals surface area contributed by atoms with Crippen molar-refractivity contribution in [3.63, 3.8) is 0 Å². The highest BCUT2D eigenvalue weighted by molar-refractivity contribution is 5.88. The lowest BCUT2D eigenvalue weighted by Crippen LogP contribution is -2.37. The molecular formula is C46H53N7O2. The number of amides is 2. The molecule has 2 amide bonds. The Labute approximate surface area is 324 Å². The van der Waals surface area contributed by atoms with E-state index in [0.29, 0.717) is 19.0 Å². The van der Waals surface area contributed by atoms with Crippen LogP contribution in [0.3, 0.4) is 0 Å². The summed E-state index contributed by atoms with van der Waals surface area (Å²) in [6.07, 6.45) is 13.0. The van der Waals surface area contributed by atoms with Gasteiger partial charge in [-0.1, -0.05) is 76.2 Å². The number of benzene rings is 3. The average molecular weight is 736 g/mol. The number of H-pyrrole nitrogens is 2. The molecule has 2 atom stereocenters. The van der Waals surface area contributed by atoms with Gasteiger partial charge in [0.15, 0.2) is 0 Å². The number of rotatable bonds is 9. The third kappa shape index (κ3) is 6.11. The van der Waals surface area contributed by atoms with Crippen LogP contribution in [0.4, 0.5) is 0 Å². The number of imidazole rings is 2.